The van der Waals surface area contributed by atoms with Gasteiger partial charge in [0.2, 0.25) is 0 Å². The monoisotopic (exact) mass is 594 g/mol. The third kappa shape index (κ3) is 5.54. The molecule has 5 aromatic rings. The van der Waals surface area contributed by atoms with Crippen LogP contribution in [0.1, 0.15) is 11.1 Å². The summed E-state index contributed by atoms with van der Waals surface area (Å²) in [5.74, 6) is 1.50. The van der Waals surface area contributed by atoms with Gasteiger partial charge >= 0.3 is 0 Å². The number of halogens is 2. The van der Waals surface area contributed by atoms with Crippen LogP contribution < -0.4 is 31.3 Å². The fourth-order valence-corrected chi connectivity index (χ4v) is 4.60. The Hall–Kier alpha value is -5.18. The van der Waals surface area contributed by atoms with Crippen LogP contribution >= 0.6 is 24.8 Å². The molecule has 0 aromatic heterocycles. The van der Waals surface area contributed by atoms with Crippen molar-refractivity contribution in [3.05, 3.63) is 157 Å². The second kappa shape index (κ2) is 12.6. The van der Waals surface area contributed by atoms with E-state index in [-0.39, 0.29) is 24.8 Å². The van der Waals surface area contributed by atoms with E-state index in [2.05, 4.69) is 35.1 Å². The second-order valence-electron chi connectivity index (χ2n) is 9.24. The SMILES string of the molecule is Cl.Cl.c1ccc(N2N=C(c3ccc(C4=NN(c5ccccc5)N(c5ccccc5)N4)cc3)NN2c2ccccc2)cc1. The number of hydrazone groups is 2. The molecule has 10 heteroatoms. The molecule has 0 atom stereocenters. The van der Waals surface area contributed by atoms with E-state index in [1.807, 2.05) is 142 Å². The zero-order chi connectivity index (χ0) is 26.7. The average Bonchev–Trinajstić information content (AvgIpc) is 3.69. The van der Waals surface area contributed by atoms with Crippen LogP contribution in [0.3, 0.4) is 0 Å². The predicted octanol–water partition coefficient (Wildman–Crippen LogP) is 6.75. The maximum atomic E-state index is 4.92. The first-order valence-corrected chi connectivity index (χ1v) is 13.1. The third-order valence-electron chi connectivity index (χ3n) is 6.60. The Labute approximate surface area is 256 Å². The Kier molecular flexibility index (Phi) is 8.47. The Balaban J connectivity index is 0.00000176. The van der Waals surface area contributed by atoms with Crippen LogP contribution in [0.4, 0.5) is 22.7 Å². The van der Waals surface area contributed by atoms with Crippen LogP contribution in [0.15, 0.2) is 156 Å². The minimum Gasteiger partial charge on any atom is -0.259 e. The van der Waals surface area contributed by atoms with Crippen molar-refractivity contribution >= 4 is 59.2 Å². The maximum Gasteiger partial charge on any atom is 0.176 e. The second-order valence-corrected chi connectivity index (χ2v) is 9.24. The smallest absolute Gasteiger partial charge is 0.176 e. The van der Waals surface area contributed by atoms with E-state index in [1.54, 1.807) is 0 Å². The van der Waals surface area contributed by atoms with Crippen molar-refractivity contribution in [1.82, 2.24) is 10.9 Å². The van der Waals surface area contributed by atoms with Crippen LogP contribution in [0, 0.1) is 0 Å². The molecule has 5 aromatic carbocycles. The molecular formula is C32H28Cl2N8. The largest absolute Gasteiger partial charge is 0.259 e. The van der Waals surface area contributed by atoms with Crippen LogP contribution in [-0.2, 0) is 0 Å². The molecule has 2 heterocycles. The van der Waals surface area contributed by atoms with Gasteiger partial charge in [0.1, 0.15) is 0 Å². The topological polar surface area (TPSA) is 61.7 Å². The highest BCUT2D eigenvalue weighted by Gasteiger charge is 2.28. The summed E-state index contributed by atoms with van der Waals surface area (Å²) in [4.78, 5) is 0. The molecule has 0 fully saturated rings. The van der Waals surface area contributed by atoms with E-state index in [9.17, 15) is 0 Å². The van der Waals surface area contributed by atoms with Gasteiger partial charge in [-0.1, -0.05) is 97.1 Å². The number of nitrogens with one attached hydrogen (secondary N) is 2. The van der Waals surface area contributed by atoms with Gasteiger partial charge in [-0.15, -0.1) is 35.0 Å². The van der Waals surface area contributed by atoms with Crippen molar-refractivity contribution in [3.8, 4) is 0 Å². The molecule has 210 valence electrons. The maximum absolute atomic E-state index is 4.92. The van der Waals surface area contributed by atoms with Gasteiger partial charge in [0.15, 0.2) is 11.7 Å². The predicted molar refractivity (Wildman–Crippen MR) is 176 cm³/mol. The van der Waals surface area contributed by atoms with Crippen molar-refractivity contribution in [2.75, 3.05) is 20.5 Å². The van der Waals surface area contributed by atoms with Gasteiger partial charge in [0.25, 0.3) is 0 Å². The number of hydrogen-bond donors (Lipinski definition) is 2. The number of amidine groups is 2. The molecule has 8 nitrogen and oxygen atoms in total. The van der Waals surface area contributed by atoms with E-state index >= 15 is 0 Å². The highest BCUT2D eigenvalue weighted by molar-refractivity contribution is 6.05. The Morgan fingerprint density at radius 3 is 0.952 bits per heavy atom. The van der Waals surface area contributed by atoms with Crippen molar-refractivity contribution in [2.45, 2.75) is 0 Å². The fraction of sp³-hybridized carbons (Fsp3) is 0. The summed E-state index contributed by atoms with van der Waals surface area (Å²) in [6.07, 6.45) is 0. The molecule has 0 saturated carbocycles. The molecule has 2 aliphatic heterocycles. The summed E-state index contributed by atoms with van der Waals surface area (Å²) < 4.78 is 0. The normalized spacial score (nSPS) is 13.8. The first-order valence-electron chi connectivity index (χ1n) is 13.1. The van der Waals surface area contributed by atoms with Gasteiger partial charge in [0, 0.05) is 11.1 Å². The molecule has 7 rings (SSSR count). The van der Waals surface area contributed by atoms with Crippen molar-refractivity contribution < 1.29 is 0 Å². The lowest BCUT2D eigenvalue weighted by molar-refractivity contribution is 0.770. The zero-order valence-corrected chi connectivity index (χ0v) is 24.0. The van der Waals surface area contributed by atoms with Crippen molar-refractivity contribution in [3.63, 3.8) is 0 Å². The van der Waals surface area contributed by atoms with Crippen LogP contribution in [0.5, 0.6) is 0 Å². The van der Waals surface area contributed by atoms with Gasteiger partial charge in [-0.05, 0) is 48.5 Å². The first kappa shape index (κ1) is 28.4. The van der Waals surface area contributed by atoms with Gasteiger partial charge in [-0.25, -0.2) is 0 Å². The van der Waals surface area contributed by atoms with Gasteiger partial charge in [0.05, 0.1) is 22.7 Å². The molecule has 0 radical (unpaired) electrons. The molecular weight excluding hydrogens is 567 g/mol. The minimum atomic E-state index is 0. The number of hydrazine groups is 4. The van der Waals surface area contributed by atoms with Crippen LogP contribution in [0.25, 0.3) is 0 Å². The molecule has 0 bridgehead atoms. The molecule has 0 spiro atoms. The van der Waals surface area contributed by atoms with Crippen molar-refractivity contribution in [1.29, 1.82) is 0 Å². The van der Waals surface area contributed by atoms with Gasteiger partial charge in [-0.3, -0.25) is 10.9 Å². The van der Waals surface area contributed by atoms with Gasteiger partial charge < -0.3 is 0 Å². The molecule has 2 aliphatic rings. The van der Waals surface area contributed by atoms with E-state index in [0.717, 1.165) is 45.5 Å². The third-order valence-corrected chi connectivity index (χ3v) is 6.60. The lowest BCUT2D eigenvalue weighted by Gasteiger charge is -2.27. The quantitative estimate of drug-likeness (QED) is 0.227. The highest BCUT2D eigenvalue weighted by Crippen LogP contribution is 2.27. The van der Waals surface area contributed by atoms with Crippen LogP contribution in [-0.4, -0.2) is 11.7 Å². The summed E-state index contributed by atoms with van der Waals surface area (Å²) in [6, 6.07) is 48.7. The average molecular weight is 596 g/mol. The van der Waals surface area contributed by atoms with Crippen LogP contribution in [0.2, 0.25) is 0 Å². The summed E-state index contributed by atoms with van der Waals surface area (Å²) in [5, 5.41) is 17.5. The molecule has 0 unspecified atom stereocenters. The van der Waals surface area contributed by atoms with E-state index < -0.39 is 0 Å². The summed E-state index contributed by atoms with van der Waals surface area (Å²) in [6.45, 7) is 0. The summed E-state index contributed by atoms with van der Waals surface area (Å²) in [5.41, 5.74) is 12.7. The fourth-order valence-electron chi connectivity index (χ4n) is 4.60. The number of para-hydroxylation sites is 4. The number of hydrogen-bond acceptors (Lipinski definition) is 8. The van der Waals surface area contributed by atoms with E-state index in [4.69, 9.17) is 10.2 Å². The first-order chi connectivity index (χ1) is 19.8. The summed E-state index contributed by atoms with van der Waals surface area (Å²) >= 11 is 0. The Morgan fingerprint density at radius 2 is 0.643 bits per heavy atom. The molecule has 42 heavy (non-hydrogen) atoms. The van der Waals surface area contributed by atoms with Gasteiger partial charge in [-0.2, -0.15) is 20.5 Å². The molecule has 0 aliphatic carbocycles. The lowest BCUT2D eigenvalue weighted by Crippen LogP contribution is -2.44. The summed E-state index contributed by atoms with van der Waals surface area (Å²) in [7, 11) is 0. The van der Waals surface area contributed by atoms with E-state index in [1.165, 1.54) is 0 Å². The standard InChI is InChI=1S/C32H26N8.2ClH/c1-5-13-27(14-6-1)37-33-31(34-38(37)28-15-7-2-8-16-28)25-21-23-26(24-22-25)32-35-39(29-17-9-3-10-18-29)40(36-32)30-19-11-4-12-20-30;;/h1-24H,(H,33,34)(H,35,36);2*1H. The zero-order valence-electron chi connectivity index (χ0n) is 22.4. The number of anilines is 4. The van der Waals surface area contributed by atoms with E-state index in [0.29, 0.717) is 0 Å². The van der Waals surface area contributed by atoms with Crippen molar-refractivity contribution in [2.24, 2.45) is 10.2 Å². The highest BCUT2D eigenvalue weighted by atomic mass is 35.5. The number of rotatable bonds is 6. The lowest BCUT2D eigenvalue weighted by atomic mass is 10.1. The Morgan fingerprint density at radius 1 is 0.357 bits per heavy atom. The Bertz CT molecular complexity index is 1530. The minimum absolute atomic E-state index is 0. The number of nitrogens with zero attached hydrogens (tertiary/aromatic N) is 6. The molecule has 2 N–H and O–H groups in total. The number of benzene rings is 5. The molecule has 0 saturated heterocycles. The molecule has 0 amide bonds.